The highest BCUT2D eigenvalue weighted by Gasteiger charge is 2.18. The SMILES string of the molecule is CCCNC1CCN(Cc2cccc(C)c2)CC1. The Morgan fingerprint density at radius 2 is 2.06 bits per heavy atom. The van der Waals surface area contributed by atoms with Crippen LogP contribution < -0.4 is 5.32 Å². The molecule has 100 valence electrons. The standard InChI is InChI=1S/C16H26N2/c1-3-9-17-16-7-10-18(11-8-16)13-15-6-4-5-14(2)12-15/h4-6,12,16-17H,3,7-11,13H2,1-2H3. The highest BCUT2D eigenvalue weighted by molar-refractivity contribution is 5.22. The summed E-state index contributed by atoms with van der Waals surface area (Å²) in [5.74, 6) is 0. The fourth-order valence-electron chi connectivity index (χ4n) is 2.71. The number of hydrogen-bond acceptors (Lipinski definition) is 2. The van der Waals surface area contributed by atoms with Crippen molar-refractivity contribution in [3.63, 3.8) is 0 Å². The van der Waals surface area contributed by atoms with Crippen LogP contribution in [-0.4, -0.2) is 30.6 Å². The van der Waals surface area contributed by atoms with E-state index in [1.165, 1.54) is 50.0 Å². The van der Waals surface area contributed by atoms with Crippen LogP contribution >= 0.6 is 0 Å². The molecule has 1 saturated heterocycles. The smallest absolute Gasteiger partial charge is 0.0233 e. The van der Waals surface area contributed by atoms with Crippen LogP contribution in [0, 0.1) is 6.92 Å². The van der Waals surface area contributed by atoms with Crippen LogP contribution in [0.15, 0.2) is 24.3 Å². The molecule has 2 heteroatoms. The molecule has 1 aromatic rings. The maximum atomic E-state index is 3.64. The Balaban J connectivity index is 1.76. The average molecular weight is 246 g/mol. The van der Waals surface area contributed by atoms with Gasteiger partial charge in [0.15, 0.2) is 0 Å². The van der Waals surface area contributed by atoms with Crippen molar-refractivity contribution in [2.24, 2.45) is 0 Å². The molecule has 0 saturated carbocycles. The predicted molar refractivity (Wildman–Crippen MR) is 77.8 cm³/mol. The number of hydrogen-bond donors (Lipinski definition) is 1. The first-order valence-corrected chi connectivity index (χ1v) is 7.29. The van der Waals surface area contributed by atoms with E-state index in [1.807, 2.05) is 0 Å². The van der Waals surface area contributed by atoms with E-state index in [2.05, 4.69) is 48.3 Å². The molecule has 2 rings (SSSR count). The minimum Gasteiger partial charge on any atom is -0.314 e. The van der Waals surface area contributed by atoms with Gasteiger partial charge in [0.25, 0.3) is 0 Å². The fraction of sp³-hybridized carbons (Fsp3) is 0.625. The summed E-state index contributed by atoms with van der Waals surface area (Å²) < 4.78 is 0. The second-order valence-electron chi connectivity index (χ2n) is 5.49. The van der Waals surface area contributed by atoms with Gasteiger partial charge in [0, 0.05) is 12.6 Å². The van der Waals surface area contributed by atoms with E-state index >= 15 is 0 Å². The molecule has 0 bridgehead atoms. The van der Waals surface area contributed by atoms with Gasteiger partial charge < -0.3 is 5.32 Å². The van der Waals surface area contributed by atoms with Gasteiger partial charge >= 0.3 is 0 Å². The van der Waals surface area contributed by atoms with Crippen LogP contribution in [0.25, 0.3) is 0 Å². The lowest BCUT2D eigenvalue weighted by molar-refractivity contribution is 0.191. The normalized spacial score (nSPS) is 18.1. The van der Waals surface area contributed by atoms with Crippen molar-refractivity contribution in [2.75, 3.05) is 19.6 Å². The Bertz CT molecular complexity index is 354. The third-order valence-corrected chi connectivity index (χ3v) is 3.76. The van der Waals surface area contributed by atoms with Crippen molar-refractivity contribution >= 4 is 0 Å². The second-order valence-corrected chi connectivity index (χ2v) is 5.49. The van der Waals surface area contributed by atoms with Gasteiger partial charge in [0.05, 0.1) is 0 Å². The maximum absolute atomic E-state index is 3.64. The van der Waals surface area contributed by atoms with E-state index in [-0.39, 0.29) is 0 Å². The van der Waals surface area contributed by atoms with Crippen molar-refractivity contribution in [3.05, 3.63) is 35.4 Å². The van der Waals surface area contributed by atoms with Crippen molar-refractivity contribution in [1.82, 2.24) is 10.2 Å². The summed E-state index contributed by atoms with van der Waals surface area (Å²) in [5.41, 5.74) is 2.82. The minimum atomic E-state index is 0.749. The number of piperidine rings is 1. The first-order chi connectivity index (χ1) is 8.78. The summed E-state index contributed by atoms with van der Waals surface area (Å²) in [5, 5.41) is 3.64. The van der Waals surface area contributed by atoms with Gasteiger partial charge in [-0.1, -0.05) is 36.8 Å². The van der Waals surface area contributed by atoms with Crippen LogP contribution in [0.2, 0.25) is 0 Å². The number of nitrogens with zero attached hydrogens (tertiary/aromatic N) is 1. The molecule has 2 nitrogen and oxygen atoms in total. The summed E-state index contributed by atoms with van der Waals surface area (Å²) in [6, 6.07) is 9.64. The minimum absolute atomic E-state index is 0.749. The summed E-state index contributed by atoms with van der Waals surface area (Å²) in [4.78, 5) is 2.58. The monoisotopic (exact) mass is 246 g/mol. The molecule has 0 unspecified atom stereocenters. The van der Waals surface area contributed by atoms with Crippen molar-refractivity contribution in [2.45, 2.75) is 45.7 Å². The third kappa shape index (κ3) is 4.11. The molecular formula is C16H26N2. The van der Waals surface area contributed by atoms with Crippen molar-refractivity contribution in [1.29, 1.82) is 0 Å². The maximum Gasteiger partial charge on any atom is 0.0233 e. The second kappa shape index (κ2) is 6.91. The largest absolute Gasteiger partial charge is 0.314 e. The highest BCUT2D eigenvalue weighted by atomic mass is 15.1. The van der Waals surface area contributed by atoms with Crippen molar-refractivity contribution in [3.8, 4) is 0 Å². The summed E-state index contributed by atoms with van der Waals surface area (Å²) in [6.07, 6.45) is 3.83. The quantitative estimate of drug-likeness (QED) is 0.859. The van der Waals surface area contributed by atoms with E-state index in [1.54, 1.807) is 0 Å². The predicted octanol–water partition coefficient (Wildman–Crippen LogP) is 2.96. The molecule has 18 heavy (non-hydrogen) atoms. The van der Waals surface area contributed by atoms with Gasteiger partial charge in [0.1, 0.15) is 0 Å². The van der Waals surface area contributed by atoms with Crippen LogP contribution in [0.5, 0.6) is 0 Å². The van der Waals surface area contributed by atoms with E-state index in [9.17, 15) is 0 Å². The summed E-state index contributed by atoms with van der Waals surface area (Å²) in [6.45, 7) is 9.15. The molecule has 1 aliphatic heterocycles. The Morgan fingerprint density at radius 1 is 1.28 bits per heavy atom. The zero-order chi connectivity index (χ0) is 12.8. The number of nitrogens with one attached hydrogen (secondary N) is 1. The number of benzene rings is 1. The lowest BCUT2D eigenvalue weighted by atomic mass is 10.0. The van der Waals surface area contributed by atoms with E-state index < -0.39 is 0 Å². The van der Waals surface area contributed by atoms with Crippen LogP contribution in [0.1, 0.15) is 37.3 Å². The lowest BCUT2D eigenvalue weighted by Gasteiger charge is -2.32. The Labute approximate surface area is 111 Å². The molecule has 0 spiro atoms. The van der Waals surface area contributed by atoms with E-state index in [0.717, 1.165) is 12.6 Å². The lowest BCUT2D eigenvalue weighted by Crippen LogP contribution is -2.42. The van der Waals surface area contributed by atoms with Gasteiger partial charge in [-0.3, -0.25) is 4.90 Å². The number of likely N-dealkylation sites (tertiary alicyclic amines) is 1. The van der Waals surface area contributed by atoms with Gasteiger partial charge in [-0.2, -0.15) is 0 Å². The molecule has 1 N–H and O–H groups in total. The molecule has 1 aliphatic rings. The number of aryl methyl sites for hydroxylation is 1. The summed E-state index contributed by atoms with van der Waals surface area (Å²) >= 11 is 0. The molecule has 1 fully saturated rings. The number of rotatable bonds is 5. The topological polar surface area (TPSA) is 15.3 Å². The average Bonchev–Trinajstić information content (AvgIpc) is 2.38. The Hall–Kier alpha value is -0.860. The molecule has 0 radical (unpaired) electrons. The van der Waals surface area contributed by atoms with E-state index in [4.69, 9.17) is 0 Å². The van der Waals surface area contributed by atoms with Crippen LogP contribution in [0.4, 0.5) is 0 Å². The van der Waals surface area contributed by atoms with E-state index in [0.29, 0.717) is 0 Å². The molecule has 0 amide bonds. The van der Waals surface area contributed by atoms with Crippen LogP contribution in [0.3, 0.4) is 0 Å². The highest BCUT2D eigenvalue weighted by Crippen LogP contribution is 2.14. The van der Waals surface area contributed by atoms with Crippen molar-refractivity contribution < 1.29 is 0 Å². The first-order valence-electron chi connectivity index (χ1n) is 7.29. The van der Waals surface area contributed by atoms with Gasteiger partial charge in [0.2, 0.25) is 0 Å². The zero-order valence-electron chi connectivity index (χ0n) is 11.8. The summed E-state index contributed by atoms with van der Waals surface area (Å²) in [7, 11) is 0. The molecular weight excluding hydrogens is 220 g/mol. The molecule has 0 aliphatic carbocycles. The molecule has 1 aromatic carbocycles. The van der Waals surface area contributed by atoms with Gasteiger partial charge in [-0.15, -0.1) is 0 Å². The van der Waals surface area contributed by atoms with Gasteiger partial charge in [-0.25, -0.2) is 0 Å². The first kappa shape index (κ1) is 13.6. The van der Waals surface area contributed by atoms with Crippen LogP contribution in [-0.2, 0) is 6.54 Å². The Morgan fingerprint density at radius 3 is 2.72 bits per heavy atom. The molecule has 0 aromatic heterocycles. The fourth-order valence-corrected chi connectivity index (χ4v) is 2.71. The molecule has 1 heterocycles. The third-order valence-electron chi connectivity index (χ3n) is 3.76. The Kier molecular flexibility index (Phi) is 5.21. The molecule has 0 atom stereocenters. The van der Waals surface area contributed by atoms with Gasteiger partial charge in [-0.05, 0) is 51.4 Å². The zero-order valence-corrected chi connectivity index (χ0v) is 11.8.